The Kier molecular flexibility index (Phi) is 3.90. The van der Waals surface area contributed by atoms with Gasteiger partial charge in [0.25, 0.3) is 0 Å². The summed E-state index contributed by atoms with van der Waals surface area (Å²) in [6, 6.07) is 15.3. The summed E-state index contributed by atoms with van der Waals surface area (Å²) in [4.78, 5) is 16.8. The van der Waals surface area contributed by atoms with Crippen molar-refractivity contribution in [3.63, 3.8) is 0 Å². The van der Waals surface area contributed by atoms with E-state index in [0.717, 1.165) is 20.9 Å². The summed E-state index contributed by atoms with van der Waals surface area (Å²) in [7, 11) is 0. The number of halogens is 2. The third-order valence-electron chi connectivity index (χ3n) is 3.90. The second kappa shape index (κ2) is 6.07. The highest BCUT2D eigenvalue weighted by atomic mass is 79.9. The molecule has 0 saturated heterocycles. The summed E-state index contributed by atoms with van der Waals surface area (Å²) in [5, 5.41) is 0.862. The molecule has 4 nitrogen and oxygen atoms in total. The zero-order chi connectivity index (χ0) is 16.7. The third-order valence-corrected chi connectivity index (χ3v) is 4.56. The molecule has 120 valence electrons. The molecule has 0 radical (unpaired) electrons. The largest absolute Gasteiger partial charge is 0.452 e. The molecule has 0 N–H and O–H groups in total. The van der Waals surface area contributed by atoms with Crippen molar-refractivity contribution in [2.24, 2.45) is 0 Å². The average Bonchev–Trinajstić information content (AvgIpc) is 2.96. The standard InChI is InChI=1S/C18H12BrClN2O2/c19-12-6-7-14-13(10-12)16-17(24-14)15(11-4-2-1-3-5-11)21-18(23)22(16)9-8-20/h1-7,10H,8-9H2. The molecular weight excluding hydrogens is 392 g/mol. The van der Waals surface area contributed by atoms with E-state index in [2.05, 4.69) is 20.9 Å². The van der Waals surface area contributed by atoms with Crippen LogP contribution >= 0.6 is 27.5 Å². The van der Waals surface area contributed by atoms with E-state index in [1.807, 2.05) is 48.5 Å². The maximum Gasteiger partial charge on any atom is 0.348 e. The van der Waals surface area contributed by atoms with E-state index in [4.69, 9.17) is 16.0 Å². The quantitative estimate of drug-likeness (QED) is 0.461. The second-order valence-corrected chi connectivity index (χ2v) is 6.66. The summed E-state index contributed by atoms with van der Waals surface area (Å²) in [6.45, 7) is 0.375. The van der Waals surface area contributed by atoms with Crippen LogP contribution in [0.1, 0.15) is 0 Å². The Morgan fingerprint density at radius 1 is 1.17 bits per heavy atom. The molecule has 0 aliphatic heterocycles. The molecular formula is C18H12BrClN2O2. The Labute approximate surface area is 150 Å². The number of fused-ring (bicyclic) bond motifs is 3. The Balaban J connectivity index is 2.19. The van der Waals surface area contributed by atoms with E-state index < -0.39 is 0 Å². The number of alkyl halides is 1. The topological polar surface area (TPSA) is 48.0 Å². The van der Waals surface area contributed by atoms with Crippen molar-refractivity contribution in [2.45, 2.75) is 6.54 Å². The Hall–Kier alpha value is -2.11. The van der Waals surface area contributed by atoms with Crippen LogP contribution in [0.4, 0.5) is 0 Å². The predicted molar refractivity (Wildman–Crippen MR) is 99.6 cm³/mol. The van der Waals surface area contributed by atoms with E-state index in [-0.39, 0.29) is 5.69 Å². The molecule has 0 spiro atoms. The lowest BCUT2D eigenvalue weighted by Gasteiger charge is -2.07. The van der Waals surface area contributed by atoms with Crippen LogP contribution < -0.4 is 5.69 Å². The number of hydrogen-bond acceptors (Lipinski definition) is 3. The molecule has 24 heavy (non-hydrogen) atoms. The van der Waals surface area contributed by atoms with Gasteiger partial charge < -0.3 is 4.42 Å². The average molecular weight is 404 g/mol. The van der Waals surface area contributed by atoms with Crippen LogP contribution in [0.25, 0.3) is 33.3 Å². The fourth-order valence-electron chi connectivity index (χ4n) is 2.87. The lowest BCUT2D eigenvalue weighted by atomic mass is 10.1. The van der Waals surface area contributed by atoms with Crippen molar-refractivity contribution < 1.29 is 4.42 Å². The first-order valence-corrected chi connectivity index (χ1v) is 8.76. The van der Waals surface area contributed by atoms with Gasteiger partial charge in [0.15, 0.2) is 5.58 Å². The fourth-order valence-corrected chi connectivity index (χ4v) is 3.40. The van der Waals surface area contributed by atoms with Gasteiger partial charge in [0.2, 0.25) is 0 Å². The smallest absolute Gasteiger partial charge is 0.348 e. The minimum absolute atomic E-state index is 0.321. The minimum atomic E-state index is -0.329. The van der Waals surface area contributed by atoms with Gasteiger partial charge in [0, 0.05) is 27.8 Å². The third kappa shape index (κ3) is 2.44. The van der Waals surface area contributed by atoms with E-state index in [1.54, 1.807) is 4.57 Å². The fraction of sp³-hybridized carbons (Fsp3) is 0.111. The summed E-state index contributed by atoms with van der Waals surface area (Å²) in [6.07, 6.45) is 0. The molecule has 0 aliphatic rings. The maximum atomic E-state index is 12.6. The van der Waals surface area contributed by atoms with Crippen LogP contribution in [0.3, 0.4) is 0 Å². The van der Waals surface area contributed by atoms with E-state index in [0.29, 0.717) is 29.3 Å². The van der Waals surface area contributed by atoms with Gasteiger partial charge in [-0.25, -0.2) is 4.79 Å². The van der Waals surface area contributed by atoms with Crippen LogP contribution in [0.15, 0.2) is 62.2 Å². The van der Waals surface area contributed by atoms with Crippen LogP contribution in [0.5, 0.6) is 0 Å². The monoisotopic (exact) mass is 402 g/mol. The molecule has 4 rings (SSSR count). The molecule has 0 fully saturated rings. The van der Waals surface area contributed by atoms with E-state index in [1.165, 1.54) is 0 Å². The molecule has 0 amide bonds. The number of aromatic nitrogens is 2. The Bertz CT molecular complexity index is 1100. The van der Waals surface area contributed by atoms with Gasteiger partial charge in [0.1, 0.15) is 16.8 Å². The normalized spacial score (nSPS) is 11.4. The number of rotatable bonds is 3. The summed E-state index contributed by atoms with van der Waals surface area (Å²) < 4.78 is 8.54. The predicted octanol–water partition coefficient (Wildman–Crippen LogP) is 4.81. The van der Waals surface area contributed by atoms with Crippen molar-refractivity contribution in [1.82, 2.24) is 9.55 Å². The lowest BCUT2D eigenvalue weighted by Crippen LogP contribution is -2.24. The van der Waals surface area contributed by atoms with E-state index in [9.17, 15) is 4.79 Å². The molecule has 6 heteroatoms. The van der Waals surface area contributed by atoms with Gasteiger partial charge in [0.05, 0.1) is 0 Å². The van der Waals surface area contributed by atoms with E-state index >= 15 is 0 Å². The SMILES string of the molecule is O=c1nc(-c2ccccc2)c2oc3ccc(Br)cc3c2n1CCCl. The van der Waals surface area contributed by atoms with Crippen molar-refractivity contribution in [2.75, 3.05) is 5.88 Å². The highest BCUT2D eigenvalue weighted by Gasteiger charge is 2.19. The van der Waals surface area contributed by atoms with Gasteiger partial charge in [-0.2, -0.15) is 4.98 Å². The van der Waals surface area contributed by atoms with Crippen LogP contribution in [-0.4, -0.2) is 15.4 Å². The van der Waals surface area contributed by atoms with Gasteiger partial charge in [-0.05, 0) is 18.2 Å². The van der Waals surface area contributed by atoms with Crippen molar-refractivity contribution >= 4 is 49.6 Å². The van der Waals surface area contributed by atoms with Crippen molar-refractivity contribution in [1.29, 1.82) is 0 Å². The zero-order valence-corrected chi connectivity index (χ0v) is 14.8. The van der Waals surface area contributed by atoms with Crippen LogP contribution in [0.2, 0.25) is 0 Å². The molecule has 0 unspecified atom stereocenters. The van der Waals surface area contributed by atoms with Crippen molar-refractivity contribution in [3.8, 4) is 11.3 Å². The highest BCUT2D eigenvalue weighted by Crippen LogP contribution is 2.34. The molecule has 2 aromatic carbocycles. The molecule has 0 bridgehead atoms. The molecule has 0 atom stereocenters. The first-order valence-electron chi connectivity index (χ1n) is 7.43. The van der Waals surface area contributed by atoms with Gasteiger partial charge >= 0.3 is 5.69 Å². The molecule has 4 aromatic rings. The number of benzene rings is 2. The van der Waals surface area contributed by atoms with Gasteiger partial charge in [-0.15, -0.1) is 11.6 Å². The maximum absolute atomic E-state index is 12.6. The van der Waals surface area contributed by atoms with Crippen molar-refractivity contribution in [3.05, 3.63) is 63.5 Å². The molecule has 0 aliphatic carbocycles. The lowest BCUT2D eigenvalue weighted by molar-refractivity contribution is 0.656. The number of aryl methyl sites for hydroxylation is 1. The van der Waals surface area contributed by atoms with Crippen LogP contribution in [0, 0.1) is 0 Å². The Morgan fingerprint density at radius 2 is 1.96 bits per heavy atom. The van der Waals surface area contributed by atoms with Gasteiger partial charge in [-0.3, -0.25) is 4.57 Å². The number of furan rings is 1. The van der Waals surface area contributed by atoms with Gasteiger partial charge in [-0.1, -0.05) is 46.3 Å². The minimum Gasteiger partial charge on any atom is -0.452 e. The summed E-state index contributed by atoms with van der Waals surface area (Å²) in [5.74, 6) is 0.321. The number of nitrogens with zero attached hydrogens (tertiary/aromatic N) is 2. The molecule has 2 aromatic heterocycles. The zero-order valence-electron chi connectivity index (χ0n) is 12.5. The Morgan fingerprint density at radius 3 is 2.71 bits per heavy atom. The molecule has 2 heterocycles. The first kappa shape index (κ1) is 15.4. The molecule has 0 saturated carbocycles. The summed E-state index contributed by atoms with van der Waals surface area (Å²) in [5.41, 5.74) is 3.10. The van der Waals surface area contributed by atoms with Crippen LogP contribution in [-0.2, 0) is 6.54 Å². The highest BCUT2D eigenvalue weighted by molar-refractivity contribution is 9.10. The second-order valence-electron chi connectivity index (χ2n) is 5.37. The summed E-state index contributed by atoms with van der Waals surface area (Å²) >= 11 is 9.36. The first-order chi connectivity index (χ1) is 11.7. The number of hydrogen-bond donors (Lipinski definition) is 0.